The zero-order chi connectivity index (χ0) is 33.6. The van der Waals surface area contributed by atoms with Gasteiger partial charge in [0.25, 0.3) is 0 Å². The van der Waals surface area contributed by atoms with Gasteiger partial charge in [0, 0.05) is 8.95 Å². The van der Waals surface area contributed by atoms with Crippen molar-refractivity contribution in [2.75, 3.05) is 0 Å². The van der Waals surface area contributed by atoms with E-state index in [4.69, 9.17) is 0 Å². The zero-order valence-corrected chi connectivity index (χ0v) is 28.2. The number of phenolic OH excluding ortho intramolecular Hbond substituents is 2. The molecule has 0 unspecified atom stereocenters. The van der Waals surface area contributed by atoms with Crippen molar-refractivity contribution in [1.29, 1.82) is 0 Å². The fraction of sp³-hybridized carbons (Fsp3) is 0. The number of carboxylic acid groups (broad SMARTS) is 1. The average molecular weight is 854 g/mol. The molecule has 4 rings (SSSR count). The molecular weight excluding hydrogens is 839 g/mol. The molecule has 0 aliphatic rings. The molecule has 0 spiro atoms. The van der Waals surface area contributed by atoms with Crippen molar-refractivity contribution >= 4 is 110 Å². The molecule has 0 aliphatic carbocycles. The second-order valence-electron chi connectivity index (χ2n) is 8.74. The van der Waals surface area contributed by atoms with E-state index in [0.29, 0.717) is 16.6 Å². The van der Waals surface area contributed by atoms with Crippen LogP contribution in [0.1, 0.15) is 10.4 Å². The summed E-state index contributed by atoms with van der Waals surface area (Å²) >= 11 is 0.798. The minimum atomic E-state index is -5.40. The first-order chi connectivity index (χ1) is 20.7. The van der Waals surface area contributed by atoms with Gasteiger partial charge in [-0.25, -0.2) is 4.79 Å². The average Bonchev–Trinajstić information content (AvgIpc) is 2.90. The molecule has 236 valence electrons. The molecule has 17 nitrogen and oxygen atoms in total. The van der Waals surface area contributed by atoms with Gasteiger partial charge in [0.15, 0.2) is 0 Å². The number of hydrogen-bond donors (Lipinski definition) is 7. The summed E-state index contributed by atoms with van der Waals surface area (Å²) in [5, 5.41) is 44.9. The van der Waals surface area contributed by atoms with E-state index in [0.717, 1.165) is 18.2 Å². The second kappa shape index (κ2) is 12.3. The number of carbonyl (C=O) groups is 1. The molecule has 0 heterocycles. The maximum atomic E-state index is 12.3. The van der Waals surface area contributed by atoms with E-state index in [2.05, 4.69) is 52.3 Å². The first kappa shape index (κ1) is 34.3. The van der Waals surface area contributed by atoms with Crippen molar-refractivity contribution in [3.8, 4) is 11.5 Å². The van der Waals surface area contributed by atoms with E-state index in [1.54, 1.807) is 0 Å². The van der Waals surface area contributed by atoms with Crippen molar-refractivity contribution in [3.63, 3.8) is 0 Å². The summed E-state index contributed by atoms with van der Waals surface area (Å²) < 4.78 is 99.1. The van der Waals surface area contributed by atoms with E-state index < -0.39 is 93.7 Å². The van der Waals surface area contributed by atoms with Crippen LogP contribution in [0.15, 0.2) is 87.7 Å². The van der Waals surface area contributed by atoms with E-state index in [9.17, 15) is 58.0 Å². The molecular formula is C23H15AsBr2N4O13S2. The molecule has 0 fully saturated rings. The number of hydrogen-bond acceptors (Lipinski definition) is 12. The number of nitrogens with zero attached hydrogens (tertiary/aromatic N) is 4. The molecule has 0 atom stereocenters. The Kier molecular flexibility index (Phi) is 9.42. The summed E-state index contributed by atoms with van der Waals surface area (Å²) in [4.78, 5) is 9.44. The van der Waals surface area contributed by atoms with Gasteiger partial charge in [-0.15, -0.1) is 0 Å². The monoisotopic (exact) mass is 852 g/mol. The summed E-state index contributed by atoms with van der Waals surface area (Å²) in [6, 6.07) is 8.11. The number of benzene rings is 4. The van der Waals surface area contributed by atoms with E-state index in [1.165, 1.54) is 18.2 Å². The molecule has 4 aromatic carbocycles. The van der Waals surface area contributed by atoms with Gasteiger partial charge in [-0.2, -0.15) is 8.42 Å². The molecule has 0 amide bonds. The number of aromatic carboxylic acids is 1. The van der Waals surface area contributed by atoms with E-state index >= 15 is 0 Å². The standard InChI is InChI=1S/C23H15AsBr2N4O13S2/c25-11-7-13(23(33)34)18(14(26)8-11)28-30-20-16(45(41,42)43)5-9-4-15(44(38,39)40)19(21(31)17(9)22(20)32)29-27-12-3-1-2-10(6-12)24(35,36)37/h1-8,31-32H,(H,33,34)(H2,35,36,37)(H,38,39,40)(H,41,42,43). The van der Waals surface area contributed by atoms with Crippen LogP contribution < -0.4 is 4.35 Å². The van der Waals surface area contributed by atoms with Gasteiger partial charge >= 0.3 is 186 Å². The third kappa shape index (κ3) is 7.32. The van der Waals surface area contributed by atoms with Gasteiger partial charge in [-0.1, -0.05) is 15.9 Å². The van der Waals surface area contributed by atoms with Crippen LogP contribution in [0.25, 0.3) is 10.8 Å². The Balaban J connectivity index is 2.04. The molecule has 0 saturated carbocycles. The number of fused-ring (bicyclic) bond motifs is 1. The quantitative estimate of drug-likeness (QED) is 0.0738. The molecule has 0 radical (unpaired) electrons. The van der Waals surface area contributed by atoms with Crippen molar-refractivity contribution in [2.24, 2.45) is 20.5 Å². The van der Waals surface area contributed by atoms with Gasteiger partial charge in [0.2, 0.25) is 0 Å². The van der Waals surface area contributed by atoms with Crippen LogP contribution in [0.4, 0.5) is 22.7 Å². The van der Waals surface area contributed by atoms with Crippen molar-refractivity contribution in [1.82, 2.24) is 0 Å². The third-order valence-electron chi connectivity index (χ3n) is 5.75. The number of rotatable bonds is 8. The van der Waals surface area contributed by atoms with E-state index in [1.807, 2.05) is 0 Å². The van der Waals surface area contributed by atoms with Crippen molar-refractivity contribution < 1.29 is 58.0 Å². The predicted octanol–water partition coefficient (Wildman–Crippen LogP) is 4.36. The summed E-state index contributed by atoms with van der Waals surface area (Å²) in [7, 11) is -10.5. The fourth-order valence-electron chi connectivity index (χ4n) is 3.82. The topological polar surface area (TPSA) is 293 Å². The summed E-state index contributed by atoms with van der Waals surface area (Å²) in [6.45, 7) is 0. The van der Waals surface area contributed by atoms with Crippen molar-refractivity contribution in [2.45, 2.75) is 9.79 Å². The number of halogens is 2. The first-order valence-corrected chi connectivity index (χ1v) is 19.3. The summed E-state index contributed by atoms with van der Waals surface area (Å²) in [5.74, 6) is -3.89. The number of phenols is 2. The second-order valence-corrected chi connectivity index (χ2v) is 16.7. The van der Waals surface area contributed by atoms with Crippen LogP contribution in [-0.2, 0) is 24.0 Å². The summed E-state index contributed by atoms with van der Waals surface area (Å²) in [6.07, 6.45) is 0. The third-order valence-corrected chi connectivity index (χ3v) is 10.5. The molecule has 7 N–H and O–H groups in total. The van der Waals surface area contributed by atoms with E-state index in [-0.39, 0.29) is 15.8 Å². The number of carboxylic acids is 1. The molecule has 45 heavy (non-hydrogen) atoms. The predicted molar refractivity (Wildman–Crippen MR) is 161 cm³/mol. The van der Waals surface area contributed by atoms with Crippen LogP contribution in [0.2, 0.25) is 0 Å². The van der Waals surface area contributed by atoms with Crippen LogP contribution in [0.3, 0.4) is 0 Å². The Morgan fingerprint density at radius 2 is 1.27 bits per heavy atom. The van der Waals surface area contributed by atoms with Crippen molar-refractivity contribution in [3.05, 3.63) is 63.0 Å². The van der Waals surface area contributed by atoms with Crippen LogP contribution >= 0.6 is 31.9 Å². The van der Waals surface area contributed by atoms with Gasteiger partial charge in [0.1, 0.15) is 5.69 Å². The van der Waals surface area contributed by atoms with Gasteiger partial charge < -0.3 is 5.11 Å². The minimum absolute atomic E-state index is 0.0547. The van der Waals surface area contributed by atoms with Crippen LogP contribution in [0, 0.1) is 0 Å². The summed E-state index contributed by atoms with van der Waals surface area (Å²) in [5.41, 5.74) is -3.04. The Labute approximate surface area is 271 Å². The Morgan fingerprint density at radius 1 is 0.756 bits per heavy atom. The molecule has 0 aliphatic heterocycles. The zero-order valence-electron chi connectivity index (χ0n) is 21.5. The molecule has 0 aromatic heterocycles. The Hall–Kier alpha value is -3.53. The normalized spacial score (nSPS) is 12.8. The SMILES string of the molecule is O=C(O)c1cc(Br)cc(Br)c1N=Nc1c(S(=O)(=O)O)cc2cc(S(=O)(=O)O)c(N=Nc3cccc([As](=O)(O)O)c3)c(O)c2c1O. The van der Waals surface area contributed by atoms with Crippen LogP contribution in [0.5, 0.6) is 11.5 Å². The molecule has 0 saturated heterocycles. The Bertz CT molecular complexity index is 2260. The maximum absolute atomic E-state index is 12.3. The molecule has 0 bridgehead atoms. The molecule has 22 heteroatoms. The number of aromatic hydroxyl groups is 2. The fourth-order valence-corrected chi connectivity index (χ4v) is 7.66. The van der Waals surface area contributed by atoms with Crippen LogP contribution in [-0.4, -0.2) is 69.6 Å². The molecule has 4 aromatic rings. The Morgan fingerprint density at radius 3 is 1.76 bits per heavy atom. The van der Waals surface area contributed by atoms with Gasteiger partial charge in [-0.3, -0.25) is 4.55 Å². The van der Waals surface area contributed by atoms with Gasteiger partial charge in [-0.05, 0) is 28.1 Å². The van der Waals surface area contributed by atoms with Gasteiger partial charge in [0.05, 0.1) is 5.56 Å². The first-order valence-electron chi connectivity index (χ1n) is 11.4. The number of azo groups is 2.